The summed E-state index contributed by atoms with van der Waals surface area (Å²) in [6, 6.07) is 0. The highest BCUT2D eigenvalue weighted by atomic mass is 31.2. The molecule has 0 saturated heterocycles. The lowest BCUT2D eigenvalue weighted by Gasteiger charge is -2.21. The van der Waals surface area contributed by atoms with Crippen LogP contribution in [0, 0.1) is 23.7 Å². The molecule has 96 heavy (non-hydrogen) atoms. The summed E-state index contributed by atoms with van der Waals surface area (Å²) >= 11 is 0. The Labute approximate surface area is 588 Å². The van der Waals surface area contributed by atoms with Gasteiger partial charge in [0.2, 0.25) is 0 Å². The second-order valence-electron chi connectivity index (χ2n) is 29.4. The number of phosphoric acid groups is 2. The molecule has 0 fully saturated rings. The van der Waals surface area contributed by atoms with Gasteiger partial charge in [0.15, 0.2) is 12.2 Å². The molecule has 570 valence electrons. The van der Waals surface area contributed by atoms with Crippen LogP contribution < -0.4 is 0 Å². The molecule has 0 radical (unpaired) electrons. The van der Waals surface area contributed by atoms with Crippen molar-refractivity contribution in [3.63, 3.8) is 0 Å². The molecule has 17 nitrogen and oxygen atoms in total. The van der Waals surface area contributed by atoms with Crippen molar-refractivity contribution >= 4 is 39.5 Å². The fourth-order valence-electron chi connectivity index (χ4n) is 11.7. The van der Waals surface area contributed by atoms with Gasteiger partial charge < -0.3 is 33.8 Å². The SMILES string of the molecule is CCC(C)CCCCCCCCC(=O)OC[C@H](COP(=O)(O)OC[C@H](O)COP(=O)(O)OC[C@@H](COC(=O)CCCCCCCCCCCCCCCCCCC(C)C)OC(=O)CCCCCCCCC(C)C)OC(=O)CCCCCCCCCCCCCCCCCC(C)C. The standard InChI is InChI=1S/C77H150O17P2/c1-9-70(8)56-48-40-34-36-42-50-58-75(80)88-64-72(93-76(81)59-51-43-32-28-24-20-16-12-14-18-22-26-30-38-46-54-68(4)5)65-91-95(83,84)89-61-71(78)62-90-96(85,86)92-66-73(94-77(82)60-52-44-35-33-39-47-55-69(6)7)63-87-74(79)57-49-41-31-27-23-19-15-11-10-13-17-21-25-29-37-45-53-67(2)3/h67-73,78H,9-66H2,1-8H3,(H,83,84)(H,85,86)/t70?,71-,72+,73+/m0/s1. The molecule has 0 aliphatic heterocycles. The average molecular weight is 1410 g/mol. The molecule has 0 bridgehead atoms. The van der Waals surface area contributed by atoms with Gasteiger partial charge in [-0.3, -0.25) is 37.3 Å². The van der Waals surface area contributed by atoms with Crippen molar-refractivity contribution in [3.05, 3.63) is 0 Å². The van der Waals surface area contributed by atoms with Gasteiger partial charge in [-0.2, -0.15) is 0 Å². The van der Waals surface area contributed by atoms with Gasteiger partial charge in [0.1, 0.15) is 19.3 Å². The zero-order valence-electron chi connectivity index (χ0n) is 63.0. The van der Waals surface area contributed by atoms with E-state index < -0.39 is 97.5 Å². The highest BCUT2D eigenvalue weighted by Crippen LogP contribution is 2.45. The van der Waals surface area contributed by atoms with Crippen LogP contribution in [-0.2, 0) is 65.4 Å². The van der Waals surface area contributed by atoms with Crippen LogP contribution in [0.3, 0.4) is 0 Å². The third-order valence-corrected chi connectivity index (χ3v) is 20.1. The number of hydrogen-bond acceptors (Lipinski definition) is 15. The highest BCUT2D eigenvalue weighted by molar-refractivity contribution is 7.47. The van der Waals surface area contributed by atoms with Crippen LogP contribution in [0.15, 0.2) is 0 Å². The van der Waals surface area contributed by atoms with Crippen molar-refractivity contribution < 1.29 is 80.2 Å². The molecule has 6 atom stereocenters. The van der Waals surface area contributed by atoms with E-state index in [1.54, 1.807) is 0 Å². The lowest BCUT2D eigenvalue weighted by molar-refractivity contribution is -0.161. The fourth-order valence-corrected chi connectivity index (χ4v) is 13.3. The average Bonchev–Trinajstić information content (AvgIpc) is 1.28. The molecule has 0 heterocycles. The van der Waals surface area contributed by atoms with Crippen LogP contribution in [-0.4, -0.2) is 96.7 Å². The second-order valence-corrected chi connectivity index (χ2v) is 32.3. The summed E-state index contributed by atoms with van der Waals surface area (Å²) in [5.41, 5.74) is 0. The largest absolute Gasteiger partial charge is 0.472 e. The molecule has 0 aliphatic rings. The van der Waals surface area contributed by atoms with Crippen molar-refractivity contribution in [2.75, 3.05) is 39.6 Å². The van der Waals surface area contributed by atoms with Crippen molar-refractivity contribution in [2.45, 2.75) is 408 Å². The Hall–Kier alpha value is -1.94. The Morgan fingerprint density at radius 1 is 0.292 bits per heavy atom. The summed E-state index contributed by atoms with van der Waals surface area (Å²) in [6.45, 7) is 14.1. The molecular formula is C77H150O17P2. The zero-order chi connectivity index (χ0) is 71.0. The van der Waals surface area contributed by atoms with Crippen LogP contribution in [0.25, 0.3) is 0 Å². The maximum atomic E-state index is 13.1. The molecule has 19 heteroatoms. The van der Waals surface area contributed by atoms with Crippen molar-refractivity contribution in [3.8, 4) is 0 Å². The minimum absolute atomic E-state index is 0.102. The third kappa shape index (κ3) is 69.2. The predicted molar refractivity (Wildman–Crippen MR) is 391 cm³/mol. The lowest BCUT2D eigenvalue weighted by atomic mass is 10.00. The minimum Gasteiger partial charge on any atom is -0.462 e. The van der Waals surface area contributed by atoms with E-state index in [0.29, 0.717) is 31.6 Å². The molecule has 3 unspecified atom stereocenters. The summed E-state index contributed by atoms with van der Waals surface area (Å²) in [6.07, 6.45) is 51.7. The maximum Gasteiger partial charge on any atom is 0.472 e. The second kappa shape index (κ2) is 66.3. The number of carbonyl (C=O) groups excluding carboxylic acids is 4. The molecule has 0 rings (SSSR count). The summed E-state index contributed by atoms with van der Waals surface area (Å²) in [4.78, 5) is 72.7. The van der Waals surface area contributed by atoms with Gasteiger partial charge in [0, 0.05) is 25.7 Å². The van der Waals surface area contributed by atoms with Crippen LogP contribution >= 0.6 is 15.6 Å². The van der Waals surface area contributed by atoms with E-state index in [9.17, 15) is 43.2 Å². The van der Waals surface area contributed by atoms with E-state index in [-0.39, 0.29) is 25.7 Å². The number of carbonyl (C=O) groups is 4. The number of esters is 4. The maximum absolute atomic E-state index is 13.1. The van der Waals surface area contributed by atoms with Crippen LogP contribution in [0.2, 0.25) is 0 Å². The van der Waals surface area contributed by atoms with Gasteiger partial charge in [-0.15, -0.1) is 0 Å². The minimum atomic E-state index is -4.96. The number of rotatable bonds is 74. The van der Waals surface area contributed by atoms with Crippen molar-refractivity contribution in [2.24, 2.45) is 23.7 Å². The molecule has 0 aliphatic carbocycles. The molecule has 0 aromatic heterocycles. The highest BCUT2D eigenvalue weighted by Gasteiger charge is 2.30. The molecule has 0 aromatic carbocycles. The van der Waals surface area contributed by atoms with Crippen molar-refractivity contribution in [1.29, 1.82) is 0 Å². The van der Waals surface area contributed by atoms with Gasteiger partial charge >= 0.3 is 39.5 Å². The van der Waals surface area contributed by atoms with Crippen LogP contribution in [0.1, 0.15) is 389 Å². The Balaban J connectivity index is 5.15. The molecule has 0 amide bonds. The molecular weight excluding hydrogens is 1260 g/mol. The number of unbranched alkanes of at least 4 members (excludes halogenated alkanes) is 39. The van der Waals surface area contributed by atoms with Crippen molar-refractivity contribution in [1.82, 2.24) is 0 Å². The van der Waals surface area contributed by atoms with E-state index in [2.05, 4.69) is 55.4 Å². The summed E-state index contributed by atoms with van der Waals surface area (Å²) < 4.78 is 68.5. The third-order valence-electron chi connectivity index (χ3n) is 18.2. The summed E-state index contributed by atoms with van der Waals surface area (Å²) in [5, 5.41) is 10.6. The van der Waals surface area contributed by atoms with Gasteiger partial charge in [0.25, 0.3) is 0 Å². The smallest absolute Gasteiger partial charge is 0.462 e. The van der Waals surface area contributed by atoms with Gasteiger partial charge in [-0.05, 0) is 49.4 Å². The van der Waals surface area contributed by atoms with Gasteiger partial charge in [0.05, 0.1) is 26.4 Å². The first-order valence-electron chi connectivity index (χ1n) is 39.7. The van der Waals surface area contributed by atoms with E-state index >= 15 is 0 Å². The number of ether oxygens (including phenoxy) is 4. The monoisotopic (exact) mass is 1410 g/mol. The fraction of sp³-hybridized carbons (Fsp3) is 0.948. The molecule has 0 spiro atoms. The zero-order valence-corrected chi connectivity index (χ0v) is 64.8. The van der Waals surface area contributed by atoms with Crippen LogP contribution in [0.5, 0.6) is 0 Å². The van der Waals surface area contributed by atoms with E-state index in [0.717, 1.165) is 114 Å². The van der Waals surface area contributed by atoms with Gasteiger partial charge in [-0.1, -0.05) is 338 Å². The summed E-state index contributed by atoms with van der Waals surface area (Å²) in [7, 11) is -9.91. The topological polar surface area (TPSA) is 237 Å². The van der Waals surface area contributed by atoms with E-state index in [1.165, 1.54) is 186 Å². The Bertz CT molecular complexity index is 1890. The number of aliphatic hydroxyl groups excluding tert-OH is 1. The first-order valence-corrected chi connectivity index (χ1v) is 42.7. The number of phosphoric ester groups is 2. The normalized spacial score (nSPS) is 14.4. The Kier molecular flexibility index (Phi) is 65.0. The number of hydrogen-bond donors (Lipinski definition) is 3. The quantitative estimate of drug-likeness (QED) is 0.0222. The molecule has 3 N–H and O–H groups in total. The first-order chi connectivity index (χ1) is 46.1. The Morgan fingerprint density at radius 2 is 0.500 bits per heavy atom. The van der Waals surface area contributed by atoms with E-state index in [4.69, 9.17) is 37.0 Å². The summed E-state index contributed by atoms with van der Waals surface area (Å²) in [5.74, 6) is 0.890. The first kappa shape index (κ1) is 94.1. The number of aliphatic hydroxyl groups is 1. The van der Waals surface area contributed by atoms with Crippen LogP contribution in [0.4, 0.5) is 0 Å². The molecule has 0 saturated carbocycles. The van der Waals surface area contributed by atoms with E-state index in [1.807, 2.05) is 0 Å². The predicted octanol–water partition coefficient (Wildman–Crippen LogP) is 22.4. The van der Waals surface area contributed by atoms with Gasteiger partial charge in [-0.25, -0.2) is 9.13 Å². The Morgan fingerprint density at radius 3 is 0.740 bits per heavy atom. The lowest BCUT2D eigenvalue weighted by Crippen LogP contribution is -2.30. The molecule has 0 aromatic rings.